The second-order valence-electron chi connectivity index (χ2n) is 2.39. The fraction of sp³-hybridized carbons (Fsp3) is 0. The number of nitrogens with one attached hydrogen (secondary N) is 1. The Hall–Kier alpha value is -2.11. The molecule has 0 unspecified atom stereocenters. The Morgan fingerprint density at radius 3 is 3.08 bits per heavy atom. The minimum Gasteiger partial charge on any atom is -0.478 e. The van der Waals surface area contributed by atoms with Gasteiger partial charge < -0.3 is 9.52 Å². The predicted molar refractivity (Wildman–Crippen MR) is 41.6 cm³/mol. The molecule has 0 aliphatic heterocycles. The summed E-state index contributed by atoms with van der Waals surface area (Å²) in [6.07, 6.45) is 1.15. The van der Waals surface area contributed by atoms with Crippen LogP contribution in [0, 0.1) is 0 Å². The van der Waals surface area contributed by atoms with E-state index in [2.05, 4.69) is 14.4 Å². The number of carboxylic acids is 1. The summed E-state index contributed by atoms with van der Waals surface area (Å²) in [4.78, 5) is 27.1. The van der Waals surface area contributed by atoms with Crippen LogP contribution >= 0.6 is 0 Å². The van der Waals surface area contributed by atoms with Gasteiger partial charge in [0.05, 0.1) is 5.56 Å². The number of aromatic carboxylic acids is 1. The van der Waals surface area contributed by atoms with E-state index in [4.69, 9.17) is 5.11 Å². The molecule has 2 N–H and O–H groups in total. The van der Waals surface area contributed by atoms with E-state index >= 15 is 0 Å². The minimum absolute atomic E-state index is 0.0183. The first-order valence-electron chi connectivity index (χ1n) is 3.39. The Morgan fingerprint density at radius 2 is 2.38 bits per heavy atom. The summed E-state index contributed by atoms with van der Waals surface area (Å²) < 4.78 is 4.62. The number of fused-ring (bicyclic) bond motifs is 1. The molecule has 2 aromatic rings. The summed E-state index contributed by atoms with van der Waals surface area (Å²) in [7, 11) is 0. The molecule has 0 aliphatic carbocycles. The van der Waals surface area contributed by atoms with Crippen LogP contribution in [0.1, 0.15) is 10.4 Å². The number of hydrogen-bond donors (Lipinski definition) is 2. The molecule has 0 saturated carbocycles. The van der Waals surface area contributed by atoms with E-state index < -0.39 is 11.7 Å². The summed E-state index contributed by atoms with van der Waals surface area (Å²) in [5, 5.41) is 8.58. The lowest BCUT2D eigenvalue weighted by Crippen LogP contribution is -1.96. The van der Waals surface area contributed by atoms with Crippen LogP contribution in [0.3, 0.4) is 0 Å². The number of oxazole rings is 1. The maximum Gasteiger partial charge on any atom is 0.418 e. The van der Waals surface area contributed by atoms with Crippen molar-refractivity contribution in [2.75, 3.05) is 0 Å². The predicted octanol–water partition coefficient (Wildman–Crippen LogP) is 0.214. The average Bonchev–Trinajstić information content (AvgIpc) is 2.42. The van der Waals surface area contributed by atoms with Gasteiger partial charge in [-0.05, 0) is 0 Å². The van der Waals surface area contributed by atoms with Gasteiger partial charge in [-0.3, -0.25) is 4.98 Å². The maximum absolute atomic E-state index is 10.7. The van der Waals surface area contributed by atoms with Crippen molar-refractivity contribution in [2.24, 2.45) is 0 Å². The zero-order valence-electron chi connectivity index (χ0n) is 6.27. The Kier molecular flexibility index (Phi) is 1.42. The molecular weight excluding hydrogens is 176 g/mol. The topological polar surface area (TPSA) is 96.2 Å². The van der Waals surface area contributed by atoms with Gasteiger partial charge in [-0.15, -0.1) is 0 Å². The van der Waals surface area contributed by atoms with E-state index in [-0.39, 0.29) is 16.8 Å². The lowest BCUT2D eigenvalue weighted by Gasteiger charge is -1.90. The number of hydrogen-bond acceptors (Lipinski definition) is 4. The van der Waals surface area contributed by atoms with Crippen LogP contribution in [0.15, 0.2) is 21.5 Å². The van der Waals surface area contributed by atoms with Crippen molar-refractivity contribution in [3.05, 3.63) is 28.4 Å². The largest absolute Gasteiger partial charge is 0.478 e. The first-order chi connectivity index (χ1) is 6.16. The second kappa shape index (κ2) is 2.44. The molecule has 6 heteroatoms. The van der Waals surface area contributed by atoms with Crippen molar-refractivity contribution in [1.82, 2.24) is 9.97 Å². The fourth-order valence-corrected chi connectivity index (χ4v) is 0.955. The number of rotatable bonds is 1. The molecule has 0 fully saturated rings. The van der Waals surface area contributed by atoms with Gasteiger partial charge in [-0.25, -0.2) is 14.6 Å². The van der Waals surface area contributed by atoms with E-state index in [1.807, 2.05) is 0 Å². The first kappa shape index (κ1) is 7.53. The summed E-state index contributed by atoms with van der Waals surface area (Å²) in [6.45, 7) is 0. The van der Waals surface area contributed by atoms with Gasteiger partial charge in [-0.2, -0.15) is 0 Å². The molecule has 13 heavy (non-hydrogen) atoms. The third kappa shape index (κ3) is 1.18. The molecule has 0 amide bonds. The molecule has 2 heterocycles. The lowest BCUT2D eigenvalue weighted by atomic mass is 10.3. The monoisotopic (exact) mass is 180 g/mol. The van der Waals surface area contributed by atoms with Crippen LogP contribution in [-0.4, -0.2) is 21.0 Å². The molecule has 0 spiro atoms. The van der Waals surface area contributed by atoms with Gasteiger partial charge in [0.1, 0.15) is 0 Å². The quantitative estimate of drug-likeness (QED) is 0.654. The highest BCUT2D eigenvalue weighted by atomic mass is 16.4. The lowest BCUT2D eigenvalue weighted by molar-refractivity contribution is 0.0696. The van der Waals surface area contributed by atoms with Gasteiger partial charge in [0.25, 0.3) is 0 Å². The number of nitrogens with zero attached hydrogens (tertiary/aromatic N) is 1. The molecule has 2 rings (SSSR count). The van der Waals surface area contributed by atoms with Gasteiger partial charge in [0.2, 0.25) is 0 Å². The number of pyridine rings is 1. The molecule has 0 aliphatic rings. The Labute approximate surface area is 70.8 Å². The third-order valence-electron chi connectivity index (χ3n) is 1.52. The highest BCUT2D eigenvalue weighted by Gasteiger charge is 2.07. The zero-order chi connectivity index (χ0) is 9.42. The molecular formula is C7H4N2O4. The second-order valence-corrected chi connectivity index (χ2v) is 2.39. The van der Waals surface area contributed by atoms with E-state index in [0.717, 1.165) is 6.20 Å². The zero-order valence-corrected chi connectivity index (χ0v) is 6.27. The molecule has 0 radical (unpaired) electrons. The van der Waals surface area contributed by atoms with E-state index in [0.29, 0.717) is 0 Å². The van der Waals surface area contributed by atoms with Crippen LogP contribution in [0.25, 0.3) is 11.2 Å². The number of aromatic amines is 1. The van der Waals surface area contributed by atoms with Gasteiger partial charge >= 0.3 is 11.7 Å². The first-order valence-corrected chi connectivity index (χ1v) is 3.39. The fourth-order valence-electron chi connectivity index (χ4n) is 0.955. The van der Waals surface area contributed by atoms with Crippen molar-refractivity contribution in [2.45, 2.75) is 0 Å². The SMILES string of the molecule is O=C(O)c1cnc2[nH]c(=O)oc2c1. The van der Waals surface area contributed by atoms with Gasteiger partial charge in [-0.1, -0.05) is 0 Å². The molecule has 66 valence electrons. The molecule has 2 aromatic heterocycles. The van der Waals surface area contributed by atoms with Gasteiger partial charge in [0.15, 0.2) is 11.2 Å². The van der Waals surface area contributed by atoms with Crippen LogP contribution < -0.4 is 5.76 Å². The highest BCUT2D eigenvalue weighted by Crippen LogP contribution is 2.08. The van der Waals surface area contributed by atoms with E-state index in [1.54, 1.807) is 0 Å². The number of carboxylic acid groups (broad SMARTS) is 1. The summed E-state index contributed by atoms with van der Waals surface area (Å²) >= 11 is 0. The Morgan fingerprint density at radius 1 is 1.62 bits per heavy atom. The standard InChI is InChI=1S/C7H4N2O4/c10-6(11)3-1-4-5(8-2-3)9-7(12)13-4/h1-2H,(H,10,11)(H,8,9,12). The van der Waals surface area contributed by atoms with Crippen molar-refractivity contribution in [3.8, 4) is 0 Å². The summed E-state index contributed by atoms with van der Waals surface area (Å²) in [5.41, 5.74) is 0.371. The number of H-pyrrole nitrogens is 1. The van der Waals surface area contributed by atoms with Crippen molar-refractivity contribution in [1.29, 1.82) is 0 Å². The minimum atomic E-state index is -1.11. The summed E-state index contributed by atoms with van der Waals surface area (Å²) in [5.74, 6) is -1.76. The van der Waals surface area contributed by atoms with Crippen LogP contribution in [0.5, 0.6) is 0 Å². The number of carbonyl (C=O) groups is 1. The van der Waals surface area contributed by atoms with Crippen molar-refractivity contribution in [3.63, 3.8) is 0 Å². The van der Waals surface area contributed by atoms with E-state index in [1.165, 1.54) is 6.07 Å². The molecule has 0 saturated heterocycles. The molecule has 6 nitrogen and oxygen atoms in total. The van der Waals surface area contributed by atoms with Crippen molar-refractivity contribution < 1.29 is 14.3 Å². The van der Waals surface area contributed by atoms with Crippen LogP contribution in [-0.2, 0) is 0 Å². The van der Waals surface area contributed by atoms with Crippen LogP contribution in [0.4, 0.5) is 0 Å². The third-order valence-corrected chi connectivity index (χ3v) is 1.52. The highest BCUT2D eigenvalue weighted by molar-refractivity contribution is 5.90. The molecule has 0 aromatic carbocycles. The smallest absolute Gasteiger partial charge is 0.418 e. The van der Waals surface area contributed by atoms with Crippen molar-refractivity contribution >= 4 is 17.2 Å². The molecule has 0 bridgehead atoms. The Bertz CT molecular complexity index is 525. The Balaban J connectivity index is 2.74. The molecule has 0 atom stereocenters. The van der Waals surface area contributed by atoms with Gasteiger partial charge in [0, 0.05) is 12.3 Å². The number of aromatic nitrogens is 2. The van der Waals surface area contributed by atoms with Crippen LogP contribution in [0.2, 0.25) is 0 Å². The average molecular weight is 180 g/mol. The summed E-state index contributed by atoms with van der Waals surface area (Å²) in [6, 6.07) is 1.24. The normalized spacial score (nSPS) is 10.5. The van der Waals surface area contributed by atoms with E-state index in [9.17, 15) is 9.59 Å². The maximum atomic E-state index is 10.7.